The molecule has 2 nitrogen and oxygen atoms in total. The van der Waals surface area contributed by atoms with Crippen LogP contribution in [0.25, 0.3) is 0 Å². The minimum atomic E-state index is -0.188. The Morgan fingerprint density at radius 3 is 2.24 bits per heavy atom. The molecule has 1 N–H and O–H groups in total. The minimum Gasteiger partial charge on any atom is -0.392 e. The summed E-state index contributed by atoms with van der Waals surface area (Å²) in [5.74, 6) is 2.65. The number of rotatable bonds is 2. The molecule has 0 amide bonds. The zero-order valence-electron chi connectivity index (χ0n) is 14.4. The van der Waals surface area contributed by atoms with Crippen LogP contribution in [0.15, 0.2) is 0 Å². The van der Waals surface area contributed by atoms with Crippen LogP contribution in [-0.2, 0) is 4.74 Å². The molecule has 1 saturated heterocycles. The standard InChI is InChI=1S/C19H34O2/c1-18(2)12-16(19(3,4)21-18)17(20)15-10-9-13-7-5-6-8-14(13)11-15/h13-17,20H,5-12H2,1-4H3. The first kappa shape index (κ1) is 15.8. The fourth-order valence-corrected chi connectivity index (χ4v) is 5.69. The number of ether oxygens (including phenoxy) is 1. The van der Waals surface area contributed by atoms with E-state index in [1.165, 1.54) is 44.9 Å². The summed E-state index contributed by atoms with van der Waals surface area (Å²) in [7, 11) is 0. The van der Waals surface area contributed by atoms with Crippen molar-refractivity contribution in [3.63, 3.8) is 0 Å². The molecule has 2 aliphatic carbocycles. The average Bonchev–Trinajstić information content (AvgIpc) is 2.65. The van der Waals surface area contributed by atoms with Gasteiger partial charge in [-0.15, -0.1) is 0 Å². The largest absolute Gasteiger partial charge is 0.392 e. The van der Waals surface area contributed by atoms with Crippen LogP contribution in [0.1, 0.15) is 79.1 Å². The van der Waals surface area contributed by atoms with Gasteiger partial charge in [0.15, 0.2) is 0 Å². The molecule has 3 rings (SSSR count). The van der Waals surface area contributed by atoms with Crippen molar-refractivity contribution in [3.8, 4) is 0 Å². The maximum Gasteiger partial charge on any atom is 0.0687 e. The van der Waals surface area contributed by atoms with Gasteiger partial charge in [-0.25, -0.2) is 0 Å². The summed E-state index contributed by atoms with van der Waals surface area (Å²) in [4.78, 5) is 0. The van der Waals surface area contributed by atoms with E-state index in [0.717, 1.165) is 18.3 Å². The maximum atomic E-state index is 11.1. The zero-order valence-corrected chi connectivity index (χ0v) is 14.4. The molecule has 21 heavy (non-hydrogen) atoms. The molecular formula is C19H34O2. The third-order valence-electron chi connectivity index (χ3n) is 6.62. The van der Waals surface area contributed by atoms with E-state index in [2.05, 4.69) is 27.7 Å². The quantitative estimate of drug-likeness (QED) is 0.809. The monoisotopic (exact) mass is 294 g/mol. The van der Waals surface area contributed by atoms with E-state index < -0.39 is 0 Å². The molecule has 2 saturated carbocycles. The molecule has 122 valence electrons. The predicted molar refractivity (Wildman–Crippen MR) is 86.1 cm³/mol. The van der Waals surface area contributed by atoms with Crippen molar-refractivity contribution in [3.05, 3.63) is 0 Å². The van der Waals surface area contributed by atoms with Gasteiger partial charge in [-0.05, 0) is 71.1 Å². The summed E-state index contributed by atoms with van der Waals surface area (Å²) in [5.41, 5.74) is -0.274. The highest BCUT2D eigenvalue weighted by Gasteiger charge is 2.51. The van der Waals surface area contributed by atoms with Crippen molar-refractivity contribution in [2.24, 2.45) is 23.7 Å². The highest BCUT2D eigenvalue weighted by Crippen LogP contribution is 2.49. The van der Waals surface area contributed by atoms with E-state index in [1.807, 2.05) is 0 Å². The second-order valence-electron chi connectivity index (χ2n) is 9.14. The zero-order chi connectivity index (χ0) is 15.3. The van der Waals surface area contributed by atoms with Gasteiger partial charge in [0.25, 0.3) is 0 Å². The normalized spacial score (nSPS) is 43.3. The molecule has 5 unspecified atom stereocenters. The summed E-state index contributed by atoms with van der Waals surface area (Å²) >= 11 is 0. The van der Waals surface area contributed by atoms with Crippen LogP contribution in [0, 0.1) is 23.7 Å². The summed E-state index contributed by atoms with van der Waals surface area (Å²) in [5, 5.41) is 11.1. The van der Waals surface area contributed by atoms with Crippen molar-refractivity contribution in [2.45, 2.75) is 96.4 Å². The van der Waals surface area contributed by atoms with Crippen molar-refractivity contribution in [2.75, 3.05) is 0 Å². The highest BCUT2D eigenvalue weighted by atomic mass is 16.5. The van der Waals surface area contributed by atoms with Gasteiger partial charge in [0.2, 0.25) is 0 Å². The third-order valence-corrected chi connectivity index (χ3v) is 6.62. The van der Waals surface area contributed by atoms with E-state index in [4.69, 9.17) is 4.74 Å². The number of hydrogen-bond acceptors (Lipinski definition) is 2. The number of hydrogen-bond donors (Lipinski definition) is 1. The smallest absolute Gasteiger partial charge is 0.0687 e. The predicted octanol–water partition coefficient (Wildman–Crippen LogP) is 4.55. The Morgan fingerprint density at radius 2 is 1.62 bits per heavy atom. The molecule has 0 aromatic heterocycles. The Kier molecular flexibility index (Phi) is 4.16. The Labute approximate surface area is 130 Å². The van der Waals surface area contributed by atoms with Gasteiger partial charge >= 0.3 is 0 Å². The van der Waals surface area contributed by atoms with E-state index in [9.17, 15) is 5.11 Å². The van der Waals surface area contributed by atoms with Gasteiger partial charge in [0.05, 0.1) is 17.3 Å². The fraction of sp³-hybridized carbons (Fsp3) is 1.00. The molecule has 0 spiro atoms. The lowest BCUT2D eigenvalue weighted by molar-refractivity contribution is -0.0984. The molecule has 3 fully saturated rings. The topological polar surface area (TPSA) is 29.5 Å². The fourth-order valence-electron chi connectivity index (χ4n) is 5.69. The van der Waals surface area contributed by atoms with Gasteiger partial charge in [-0.1, -0.05) is 25.7 Å². The molecule has 2 heteroatoms. The van der Waals surface area contributed by atoms with Crippen LogP contribution in [-0.4, -0.2) is 22.4 Å². The Balaban J connectivity index is 1.66. The molecule has 0 aromatic carbocycles. The van der Waals surface area contributed by atoms with Crippen LogP contribution in [0.3, 0.4) is 0 Å². The van der Waals surface area contributed by atoms with Gasteiger partial charge in [0.1, 0.15) is 0 Å². The summed E-state index contributed by atoms with van der Waals surface area (Å²) in [6.07, 6.45) is 10.4. The van der Waals surface area contributed by atoms with Crippen LogP contribution in [0.4, 0.5) is 0 Å². The summed E-state index contributed by atoms with van der Waals surface area (Å²) in [6, 6.07) is 0. The lowest BCUT2D eigenvalue weighted by Gasteiger charge is -2.43. The highest BCUT2D eigenvalue weighted by molar-refractivity contribution is 5.00. The number of aliphatic hydroxyl groups is 1. The van der Waals surface area contributed by atoms with E-state index in [0.29, 0.717) is 5.92 Å². The van der Waals surface area contributed by atoms with Gasteiger partial charge in [-0.3, -0.25) is 0 Å². The summed E-state index contributed by atoms with van der Waals surface area (Å²) in [6.45, 7) is 8.67. The van der Waals surface area contributed by atoms with Gasteiger partial charge in [-0.2, -0.15) is 0 Å². The first-order chi connectivity index (χ1) is 9.78. The Morgan fingerprint density at radius 1 is 0.952 bits per heavy atom. The molecule has 1 aliphatic heterocycles. The first-order valence-electron chi connectivity index (χ1n) is 9.17. The Hall–Kier alpha value is -0.0800. The SMILES string of the molecule is CC1(C)CC(C(O)C2CCC3CCCCC3C2)C(C)(C)O1. The van der Waals surface area contributed by atoms with Crippen LogP contribution >= 0.6 is 0 Å². The van der Waals surface area contributed by atoms with E-state index >= 15 is 0 Å². The van der Waals surface area contributed by atoms with Crippen molar-refractivity contribution in [1.29, 1.82) is 0 Å². The van der Waals surface area contributed by atoms with E-state index in [1.54, 1.807) is 0 Å². The Bertz CT molecular complexity index is 374. The lowest BCUT2D eigenvalue weighted by atomic mass is 9.64. The minimum absolute atomic E-state index is 0.0861. The van der Waals surface area contributed by atoms with Crippen molar-refractivity contribution in [1.82, 2.24) is 0 Å². The lowest BCUT2D eigenvalue weighted by Crippen LogP contribution is -2.43. The first-order valence-corrected chi connectivity index (χ1v) is 9.17. The van der Waals surface area contributed by atoms with Crippen molar-refractivity contribution >= 4 is 0 Å². The molecule has 1 heterocycles. The molecular weight excluding hydrogens is 260 g/mol. The van der Waals surface area contributed by atoms with Gasteiger partial charge in [0, 0.05) is 5.92 Å². The summed E-state index contributed by atoms with van der Waals surface area (Å²) < 4.78 is 6.21. The molecule has 0 bridgehead atoms. The molecule has 5 atom stereocenters. The molecule has 3 aliphatic rings. The van der Waals surface area contributed by atoms with Crippen LogP contribution in [0.5, 0.6) is 0 Å². The third kappa shape index (κ3) is 3.17. The molecule has 0 aromatic rings. The molecule has 0 radical (unpaired) electrons. The van der Waals surface area contributed by atoms with Gasteiger partial charge < -0.3 is 9.84 Å². The second-order valence-corrected chi connectivity index (χ2v) is 9.14. The van der Waals surface area contributed by atoms with Crippen LogP contribution in [0.2, 0.25) is 0 Å². The number of aliphatic hydroxyl groups excluding tert-OH is 1. The van der Waals surface area contributed by atoms with E-state index in [-0.39, 0.29) is 23.2 Å². The van der Waals surface area contributed by atoms with Crippen LogP contribution < -0.4 is 0 Å². The number of fused-ring (bicyclic) bond motifs is 1. The second kappa shape index (κ2) is 5.53. The van der Waals surface area contributed by atoms with Crippen molar-refractivity contribution < 1.29 is 9.84 Å². The average molecular weight is 294 g/mol. The maximum absolute atomic E-state index is 11.1.